The number of likely N-dealkylation sites (N-methyl/N-ethyl adjacent to an activating group) is 2. The van der Waals surface area contributed by atoms with Gasteiger partial charge in [0, 0.05) is 31.9 Å². The van der Waals surface area contributed by atoms with E-state index in [0.29, 0.717) is 11.8 Å². The molecule has 0 unspecified atom stereocenters. The third kappa shape index (κ3) is 5.13. The summed E-state index contributed by atoms with van der Waals surface area (Å²) in [7, 11) is 6.03. The normalized spacial score (nSPS) is 13.4. The van der Waals surface area contributed by atoms with E-state index in [-0.39, 0.29) is 0 Å². The maximum Gasteiger partial charge on any atom is 0.119 e. The van der Waals surface area contributed by atoms with Crippen LogP contribution < -0.4 is 9.64 Å². The predicted octanol–water partition coefficient (Wildman–Crippen LogP) is 6.08. The van der Waals surface area contributed by atoms with Gasteiger partial charge < -0.3 is 19.6 Å². The van der Waals surface area contributed by atoms with E-state index in [0.717, 1.165) is 37.2 Å². The lowest BCUT2D eigenvalue weighted by molar-refractivity contribution is 0.280. The Morgan fingerprint density at radius 2 is 1.65 bits per heavy atom. The van der Waals surface area contributed by atoms with Crippen LogP contribution in [0.1, 0.15) is 42.5 Å². The van der Waals surface area contributed by atoms with Crippen LogP contribution in [0.4, 0.5) is 5.69 Å². The number of phenols is 1. The molecule has 3 aromatic carbocycles. The lowest BCUT2D eigenvalue weighted by Gasteiger charge is -2.27. The van der Waals surface area contributed by atoms with Crippen LogP contribution in [0.3, 0.4) is 0 Å². The minimum absolute atomic E-state index is 0.300. The molecule has 178 valence electrons. The second-order valence-electron chi connectivity index (χ2n) is 9.47. The van der Waals surface area contributed by atoms with Gasteiger partial charge in [0.1, 0.15) is 11.5 Å². The van der Waals surface area contributed by atoms with Crippen molar-refractivity contribution in [2.45, 2.75) is 32.7 Å². The van der Waals surface area contributed by atoms with Crippen molar-refractivity contribution in [1.29, 1.82) is 0 Å². The molecule has 0 saturated carbocycles. The first-order valence-electron chi connectivity index (χ1n) is 12.1. The zero-order chi connectivity index (χ0) is 24.2. The fraction of sp³-hybridized carbons (Fsp3) is 0.333. The molecule has 1 N–H and O–H groups in total. The summed E-state index contributed by atoms with van der Waals surface area (Å²) in [6.07, 6.45) is 1.90. The molecule has 0 radical (unpaired) electrons. The van der Waals surface area contributed by atoms with Crippen LogP contribution in [0.25, 0.3) is 11.1 Å². The van der Waals surface area contributed by atoms with E-state index in [2.05, 4.69) is 80.2 Å². The number of fused-ring (bicyclic) bond motifs is 1. The van der Waals surface area contributed by atoms with Crippen LogP contribution in [0.5, 0.6) is 11.5 Å². The molecule has 0 aliphatic heterocycles. The molecule has 0 bridgehead atoms. The van der Waals surface area contributed by atoms with Crippen molar-refractivity contribution in [2.75, 3.05) is 39.2 Å². The molecule has 0 saturated heterocycles. The van der Waals surface area contributed by atoms with Gasteiger partial charge in [-0.15, -0.1) is 0 Å². The van der Waals surface area contributed by atoms with E-state index < -0.39 is 0 Å². The number of rotatable bonds is 8. The van der Waals surface area contributed by atoms with E-state index >= 15 is 0 Å². The zero-order valence-electron chi connectivity index (χ0n) is 21.0. The van der Waals surface area contributed by atoms with Gasteiger partial charge in [0.2, 0.25) is 0 Å². The molecule has 4 rings (SSSR count). The maximum atomic E-state index is 10.3. The van der Waals surface area contributed by atoms with Gasteiger partial charge in [0.25, 0.3) is 0 Å². The summed E-state index contributed by atoms with van der Waals surface area (Å²) in [5.74, 6) is 1.16. The number of hydrogen-bond donors (Lipinski definition) is 1. The van der Waals surface area contributed by atoms with E-state index in [9.17, 15) is 5.11 Å². The van der Waals surface area contributed by atoms with Gasteiger partial charge >= 0.3 is 0 Å². The molecule has 3 aromatic rings. The second-order valence-corrected chi connectivity index (χ2v) is 9.47. The average molecular weight is 457 g/mol. The van der Waals surface area contributed by atoms with Gasteiger partial charge in [-0.05, 0) is 104 Å². The highest BCUT2D eigenvalue weighted by Gasteiger charge is 2.22. The van der Waals surface area contributed by atoms with E-state index in [4.69, 9.17) is 4.74 Å². The molecule has 4 nitrogen and oxygen atoms in total. The number of allylic oxidation sites excluding steroid dienone is 1. The SMILES string of the molecule is COc1cccc(C2=C(c3ccc(N(C)CCN(C)C(C)C)cc3)c3cc(O)ccc3CC2)c1. The summed E-state index contributed by atoms with van der Waals surface area (Å²) in [6.45, 7) is 6.45. The molecule has 0 aromatic heterocycles. The molecule has 34 heavy (non-hydrogen) atoms. The van der Waals surface area contributed by atoms with E-state index in [1.54, 1.807) is 13.2 Å². The summed E-state index contributed by atoms with van der Waals surface area (Å²) in [5, 5.41) is 10.3. The van der Waals surface area contributed by atoms with Crippen LogP contribution in [0.2, 0.25) is 0 Å². The Kier molecular flexibility index (Phi) is 7.28. The zero-order valence-corrected chi connectivity index (χ0v) is 21.0. The Bertz CT molecular complexity index is 1160. The van der Waals surface area contributed by atoms with Gasteiger partial charge in [0.05, 0.1) is 7.11 Å². The Balaban J connectivity index is 1.72. The quantitative estimate of drug-likeness (QED) is 0.445. The fourth-order valence-corrected chi connectivity index (χ4v) is 4.57. The molecule has 0 atom stereocenters. The minimum atomic E-state index is 0.300. The van der Waals surface area contributed by atoms with Gasteiger partial charge in [0.15, 0.2) is 0 Å². The molecule has 4 heteroatoms. The number of nitrogens with zero attached hydrogens (tertiary/aromatic N) is 2. The van der Waals surface area contributed by atoms with Crippen molar-refractivity contribution in [2.24, 2.45) is 0 Å². The van der Waals surface area contributed by atoms with Gasteiger partial charge in [-0.3, -0.25) is 0 Å². The number of phenolic OH excluding ortho intramolecular Hbond substituents is 1. The third-order valence-corrected chi connectivity index (χ3v) is 6.99. The van der Waals surface area contributed by atoms with Crippen molar-refractivity contribution in [3.8, 4) is 11.5 Å². The number of anilines is 1. The van der Waals surface area contributed by atoms with Crippen LogP contribution >= 0.6 is 0 Å². The molecular weight excluding hydrogens is 420 g/mol. The highest BCUT2D eigenvalue weighted by Crippen LogP contribution is 2.42. The molecule has 1 aliphatic carbocycles. The first-order valence-corrected chi connectivity index (χ1v) is 12.1. The second kappa shape index (κ2) is 10.4. The van der Waals surface area contributed by atoms with Gasteiger partial charge in [-0.2, -0.15) is 0 Å². The van der Waals surface area contributed by atoms with E-state index in [1.807, 2.05) is 18.2 Å². The number of methoxy groups -OCH3 is 1. The molecule has 1 aliphatic rings. The molecule has 0 spiro atoms. The molecule has 0 heterocycles. The Morgan fingerprint density at radius 1 is 0.882 bits per heavy atom. The van der Waals surface area contributed by atoms with Crippen molar-refractivity contribution in [3.05, 3.63) is 89.0 Å². The average Bonchev–Trinajstić information content (AvgIpc) is 2.86. The number of aromatic hydroxyl groups is 1. The lowest BCUT2D eigenvalue weighted by Crippen LogP contribution is -2.34. The highest BCUT2D eigenvalue weighted by molar-refractivity contribution is 6.01. The molecule has 0 fully saturated rings. The smallest absolute Gasteiger partial charge is 0.119 e. The third-order valence-electron chi connectivity index (χ3n) is 6.99. The predicted molar refractivity (Wildman–Crippen MR) is 143 cm³/mol. The first-order chi connectivity index (χ1) is 16.4. The summed E-state index contributed by atoms with van der Waals surface area (Å²) < 4.78 is 5.50. The fourth-order valence-electron chi connectivity index (χ4n) is 4.57. The van der Waals surface area contributed by atoms with Crippen LogP contribution in [-0.2, 0) is 6.42 Å². The van der Waals surface area contributed by atoms with Gasteiger partial charge in [-0.25, -0.2) is 0 Å². The number of hydrogen-bond acceptors (Lipinski definition) is 4. The molecular formula is C30H36N2O2. The van der Waals surface area contributed by atoms with E-state index in [1.165, 1.54) is 33.5 Å². The summed E-state index contributed by atoms with van der Waals surface area (Å²) in [6, 6.07) is 23.4. The molecule has 0 amide bonds. The first kappa shape index (κ1) is 23.9. The largest absolute Gasteiger partial charge is 0.508 e. The van der Waals surface area contributed by atoms with Gasteiger partial charge in [-0.1, -0.05) is 30.3 Å². The highest BCUT2D eigenvalue weighted by atomic mass is 16.5. The standard InChI is InChI=1S/C30H36N2O2/c1-21(2)31(3)17-18-32(4)25-13-9-23(10-14-25)30-28(24-7-6-8-27(19-24)34-5)16-12-22-11-15-26(33)20-29(22)30/h6-11,13-15,19-21,33H,12,16-18H2,1-5H3. The van der Waals surface area contributed by atoms with Crippen molar-refractivity contribution < 1.29 is 9.84 Å². The number of aryl methyl sites for hydroxylation is 1. The lowest BCUT2D eigenvalue weighted by atomic mass is 9.79. The summed E-state index contributed by atoms with van der Waals surface area (Å²) in [5.41, 5.74) is 8.41. The topological polar surface area (TPSA) is 35.9 Å². The Morgan fingerprint density at radius 3 is 2.35 bits per heavy atom. The Labute approximate surface area is 204 Å². The number of ether oxygens (including phenoxy) is 1. The van der Waals surface area contributed by atoms with Crippen LogP contribution in [0, 0.1) is 0 Å². The summed E-state index contributed by atoms with van der Waals surface area (Å²) >= 11 is 0. The van der Waals surface area contributed by atoms with Crippen LogP contribution in [-0.4, -0.2) is 50.3 Å². The minimum Gasteiger partial charge on any atom is -0.508 e. The summed E-state index contributed by atoms with van der Waals surface area (Å²) in [4.78, 5) is 4.67. The maximum absolute atomic E-state index is 10.3. The van der Waals surface area contributed by atoms with Crippen molar-refractivity contribution in [1.82, 2.24) is 4.90 Å². The van der Waals surface area contributed by atoms with Crippen molar-refractivity contribution in [3.63, 3.8) is 0 Å². The monoisotopic (exact) mass is 456 g/mol. The Hall–Kier alpha value is -3.24. The van der Waals surface area contributed by atoms with Crippen molar-refractivity contribution >= 4 is 16.8 Å². The number of benzene rings is 3. The van der Waals surface area contributed by atoms with Crippen LogP contribution in [0.15, 0.2) is 66.7 Å².